The Kier molecular flexibility index (Phi) is 3.89. The van der Waals surface area contributed by atoms with Crippen LogP contribution >= 0.6 is 0 Å². The highest BCUT2D eigenvalue weighted by Crippen LogP contribution is 2.32. The standard InChI is InChI=1S/C15H22N2O2/c16-13-4-1-11(2-5-13)8-17-9-12-3-6-14-15(7-12)19-10-18-14/h3,6-7,11,13,17H,1-2,4-5,8-10,16H2. The molecule has 1 saturated carbocycles. The highest BCUT2D eigenvalue weighted by Gasteiger charge is 2.18. The number of rotatable bonds is 4. The Balaban J connectivity index is 1.45. The second-order valence-corrected chi connectivity index (χ2v) is 5.60. The molecule has 0 radical (unpaired) electrons. The van der Waals surface area contributed by atoms with E-state index in [1.54, 1.807) is 0 Å². The summed E-state index contributed by atoms with van der Waals surface area (Å²) in [6, 6.07) is 6.58. The smallest absolute Gasteiger partial charge is 0.231 e. The third-order valence-corrected chi connectivity index (χ3v) is 4.09. The molecule has 0 spiro atoms. The lowest BCUT2D eigenvalue weighted by molar-refractivity contribution is 0.174. The average Bonchev–Trinajstić information content (AvgIpc) is 2.88. The molecule has 0 aromatic heterocycles. The van der Waals surface area contributed by atoms with Crippen molar-refractivity contribution in [2.45, 2.75) is 38.3 Å². The van der Waals surface area contributed by atoms with E-state index in [2.05, 4.69) is 17.4 Å². The zero-order chi connectivity index (χ0) is 13.1. The highest BCUT2D eigenvalue weighted by atomic mass is 16.7. The molecule has 19 heavy (non-hydrogen) atoms. The van der Waals surface area contributed by atoms with Gasteiger partial charge in [-0.25, -0.2) is 0 Å². The molecule has 104 valence electrons. The van der Waals surface area contributed by atoms with Crippen LogP contribution in [0.2, 0.25) is 0 Å². The zero-order valence-electron chi connectivity index (χ0n) is 11.2. The Bertz CT molecular complexity index is 428. The van der Waals surface area contributed by atoms with Crippen LogP contribution in [0.5, 0.6) is 11.5 Å². The quantitative estimate of drug-likeness (QED) is 0.871. The summed E-state index contributed by atoms with van der Waals surface area (Å²) in [6.45, 7) is 2.31. The minimum absolute atomic E-state index is 0.342. The van der Waals surface area contributed by atoms with Gasteiger partial charge in [-0.3, -0.25) is 0 Å². The molecule has 4 nitrogen and oxygen atoms in total. The molecule has 4 heteroatoms. The van der Waals surface area contributed by atoms with Crippen molar-refractivity contribution in [1.82, 2.24) is 5.32 Å². The minimum atomic E-state index is 0.342. The Labute approximate surface area is 114 Å². The van der Waals surface area contributed by atoms with Crippen LogP contribution < -0.4 is 20.5 Å². The molecule has 0 bridgehead atoms. The van der Waals surface area contributed by atoms with E-state index >= 15 is 0 Å². The summed E-state index contributed by atoms with van der Waals surface area (Å²) in [4.78, 5) is 0. The summed E-state index contributed by atoms with van der Waals surface area (Å²) in [5.74, 6) is 2.50. The van der Waals surface area contributed by atoms with Gasteiger partial charge in [0.15, 0.2) is 11.5 Å². The number of hydrogen-bond acceptors (Lipinski definition) is 4. The molecule has 3 rings (SSSR count). The number of ether oxygens (including phenoxy) is 2. The van der Waals surface area contributed by atoms with Gasteiger partial charge in [-0.15, -0.1) is 0 Å². The third-order valence-electron chi connectivity index (χ3n) is 4.09. The topological polar surface area (TPSA) is 56.5 Å². The molecular formula is C15H22N2O2. The van der Waals surface area contributed by atoms with Crippen molar-refractivity contribution in [1.29, 1.82) is 0 Å². The Hall–Kier alpha value is -1.26. The van der Waals surface area contributed by atoms with E-state index in [0.717, 1.165) is 30.5 Å². The van der Waals surface area contributed by atoms with Gasteiger partial charge >= 0.3 is 0 Å². The summed E-state index contributed by atoms with van der Waals surface area (Å²) in [7, 11) is 0. The van der Waals surface area contributed by atoms with E-state index in [9.17, 15) is 0 Å². The van der Waals surface area contributed by atoms with Crippen LogP contribution in [-0.4, -0.2) is 19.4 Å². The summed E-state index contributed by atoms with van der Waals surface area (Å²) in [5, 5.41) is 3.54. The fraction of sp³-hybridized carbons (Fsp3) is 0.600. The van der Waals surface area contributed by atoms with Gasteiger partial charge in [-0.1, -0.05) is 6.07 Å². The summed E-state index contributed by atoms with van der Waals surface area (Å²) in [6.07, 6.45) is 4.87. The predicted octanol–water partition coefficient (Wildman–Crippen LogP) is 2.02. The maximum absolute atomic E-state index is 5.92. The SMILES string of the molecule is NC1CCC(CNCc2ccc3c(c2)OCO3)CC1. The monoisotopic (exact) mass is 262 g/mol. The molecule has 0 atom stereocenters. The number of nitrogens with one attached hydrogen (secondary N) is 1. The van der Waals surface area contributed by atoms with E-state index in [0.29, 0.717) is 12.8 Å². The lowest BCUT2D eigenvalue weighted by Crippen LogP contribution is -2.31. The van der Waals surface area contributed by atoms with Crippen molar-refractivity contribution < 1.29 is 9.47 Å². The van der Waals surface area contributed by atoms with Crippen molar-refractivity contribution in [2.75, 3.05) is 13.3 Å². The first kappa shape index (κ1) is 12.8. The van der Waals surface area contributed by atoms with Crippen LogP contribution in [0.4, 0.5) is 0 Å². The summed E-state index contributed by atoms with van der Waals surface area (Å²) >= 11 is 0. The third kappa shape index (κ3) is 3.19. The van der Waals surface area contributed by atoms with Crippen LogP contribution in [0.3, 0.4) is 0 Å². The van der Waals surface area contributed by atoms with E-state index in [4.69, 9.17) is 15.2 Å². The van der Waals surface area contributed by atoms with Crippen molar-refractivity contribution in [3.8, 4) is 11.5 Å². The largest absolute Gasteiger partial charge is 0.454 e. The lowest BCUT2D eigenvalue weighted by atomic mass is 9.86. The first-order chi connectivity index (χ1) is 9.31. The Morgan fingerprint density at radius 3 is 2.74 bits per heavy atom. The number of nitrogens with two attached hydrogens (primary N) is 1. The average molecular weight is 262 g/mol. The van der Waals surface area contributed by atoms with Gasteiger partial charge in [0, 0.05) is 12.6 Å². The Morgan fingerprint density at radius 1 is 1.11 bits per heavy atom. The summed E-state index contributed by atoms with van der Waals surface area (Å²) < 4.78 is 10.7. The molecule has 1 fully saturated rings. The van der Waals surface area contributed by atoms with Gasteiger partial charge in [0.1, 0.15) is 0 Å². The van der Waals surface area contributed by atoms with E-state index in [1.165, 1.54) is 31.2 Å². The number of fused-ring (bicyclic) bond motifs is 1. The van der Waals surface area contributed by atoms with Crippen molar-refractivity contribution in [3.63, 3.8) is 0 Å². The first-order valence-electron chi connectivity index (χ1n) is 7.16. The van der Waals surface area contributed by atoms with Gasteiger partial charge in [0.2, 0.25) is 6.79 Å². The van der Waals surface area contributed by atoms with Gasteiger partial charge in [-0.05, 0) is 55.8 Å². The van der Waals surface area contributed by atoms with Gasteiger partial charge in [0.05, 0.1) is 0 Å². The highest BCUT2D eigenvalue weighted by molar-refractivity contribution is 5.44. The fourth-order valence-corrected chi connectivity index (χ4v) is 2.86. The van der Waals surface area contributed by atoms with Crippen molar-refractivity contribution in [3.05, 3.63) is 23.8 Å². The van der Waals surface area contributed by atoms with E-state index < -0.39 is 0 Å². The molecule has 0 amide bonds. The Morgan fingerprint density at radius 2 is 1.89 bits per heavy atom. The van der Waals surface area contributed by atoms with E-state index in [1.807, 2.05) is 6.07 Å². The molecule has 1 aliphatic carbocycles. The summed E-state index contributed by atoms with van der Waals surface area (Å²) in [5.41, 5.74) is 7.17. The van der Waals surface area contributed by atoms with Gasteiger partial charge in [-0.2, -0.15) is 0 Å². The molecule has 0 saturated heterocycles. The molecule has 0 unspecified atom stereocenters. The molecule has 1 heterocycles. The molecule has 2 aliphatic rings. The molecular weight excluding hydrogens is 240 g/mol. The second kappa shape index (κ2) is 5.80. The van der Waals surface area contributed by atoms with Crippen LogP contribution in [0.25, 0.3) is 0 Å². The van der Waals surface area contributed by atoms with Gasteiger partial charge < -0.3 is 20.5 Å². The fourth-order valence-electron chi connectivity index (χ4n) is 2.86. The molecule has 1 aromatic rings. The maximum atomic E-state index is 5.92. The number of benzene rings is 1. The second-order valence-electron chi connectivity index (χ2n) is 5.60. The van der Waals surface area contributed by atoms with Gasteiger partial charge in [0.25, 0.3) is 0 Å². The van der Waals surface area contributed by atoms with Crippen LogP contribution in [0.1, 0.15) is 31.2 Å². The van der Waals surface area contributed by atoms with E-state index in [-0.39, 0.29) is 0 Å². The van der Waals surface area contributed by atoms with Crippen LogP contribution in [0.15, 0.2) is 18.2 Å². The zero-order valence-corrected chi connectivity index (χ0v) is 11.2. The molecule has 3 N–H and O–H groups in total. The normalized spacial score (nSPS) is 25.5. The number of hydrogen-bond donors (Lipinski definition) is 2. The first-order valence-corrected chi connectivity index (χ1v) is 7.16. The van der Waals surface area contributed by atoms with Crippen LogP contribution in [0, 0.1) is 5.92 Å². The lowest BCUT2D eigenvalue weighted by Gasteiger charge is -2.26. The minimum Gasteiger partial charge on any atom is -0.454 e. The van der Waals surface area contributed by atoms with Crippen LogP contribution in [-0.2, 0) is 6.54 Å². The molecule has 1 aliphatic heterocycles. The molecule has 1 aromatic carbocycles. The predicted molar refractivity (Wildman–Crippen MR) is 74.2 cm³/mol. The van der Waals surface area contributed by atoms with Crippen molar-refractivity contribution >= 4 is 0 Å². The van der Waals surface area contributed by atoms with Crippen molar-refractivity contribution in [2.24, 2.45) is 11.7 Å². The maximum Gasteiger partial charge on any atom is 0.231 e.